The molecule has 5 aromatic heterocycles. The first-order chi connectivity index (χ1) is 37.2. The van der Waals surface area contributed by atoms with Crippen LogP contribution in [0.3, 0.4) is 0 Å². The summed E-state index contributed by atoms with van der Waals surface area (Å²) in [5.41, 5.74) is 16.4. The Kier molecular flexibility index (Phi) is 9.96. The van der Waals surface area contributed by atoms with E-state index in [0.717, 1.165) is 100 Å². The molecule has 0 saturated carbocycles. The second-order valence-electron chi connectivity index (χ2n) is 19.0. The quantitative estimate of drug-likeness (QED) is 0.152. The van der Waals surface area contributed by atoms with Crippen LogP contribution >= 0.6 is 11.3 Å². The molecule has 6 nitrogen and oxygen atoms in total. The summed E-state index contributed by atoms with van der Waals surface area (Å²) in [6.07, 6.45) is 0. The Morgan fingerprint density at radius 1 is 0.240 bits per heavy atom. The predicted octanol–water partition coefficient (Wildman–Crippen LogP) is 17.8. The van der Waals surface area contributed by atoms with Gasteiger partial charge in [-0.3, -0.25) is 9.13 Å². The number of nitrogens with zero attached hydrogens (tertiary/aromatic N) is 6. The molecule has 0 fully saturated rings. The van der Waals surface area contributed by atoms with Crippen molar-refractivity contribution < 1.29 is 0 Å². The molecule has 0 aliphatic rings. The van der Waals surface area contributed by atoms with Crippen LogP contribution in [0.15, 0.2) is 255 Å². The molecule has 0 radical (unpaired) electrons. The summed E-state index contributed by atoms with van der Waals surface area (Å²) in [4.78, 5) is 21.6. The van der Waals surface area contributed by atoms with E-state index in [1.54, 1.807) is 0 Å². The topological polar surface area (TPSA) is 61.4 Å². The van der Waals surface area contributed by atoms with Crippen molar-refractivity contribution in [1.82, 2.24) is 29.1 Å². The van der Waals surface area contributed by atoms with Crippen LogP contribution in [0.25, 0.3) is 143 Å². The zero-order valence-electron chi connectivity index (χ0n) is 40.3. The summed E-state index contributed by atoms with van der Waals surface area (Å²) in [5.74, 6) is 1.24. The Morgan fingerprint density at radius 2 is 0.533 bits per heavy atom. The standard InChI is InChI=1S/C68H42N6S/c1-7-19-43(20-8-1)49-31-35-59-53(39-49)63-61(73(59)67-69-55(45-23-11-3-12-24-45)41-56(70-67)46-25-13-4-14-26-46)37-33-51-52-34-38-62-64(66(52)75-65(51)63)54-40-50(44-21-9-2-10-22-44)32-36-60(54)74(62)68-71-57(47-27-15-5-16-28-47)42-58(72-68)48-29-17-6-18-30-48/h1-42H. The van der Waals surface area contributed by atoms with Crippen LogP contribution in [0.1, 0.15) is 0 Å². The highest BCUT2D eigenvalue weighted by Gasteiger charge is 2.25. The minimum absolute atomic E-state index is 0.620. The SMILES string of the molecule is c1ccc(-c2ccc3c(c2)c2c4sc5c(ccc6c5c5cc(-c7ccccc7)ccc5n6-c5nc(-c6ccccc6)cc(-c6ccccc6)n5)c4ccc2n3-c2nc(-c3ccccc3)cc(-c3ccccc3)n2)cc1. The van der Waals surface area contributed by atoms with Crippen LogP contribution in [0, 0.1) is 0 Å². The number of fused-ring (bicyclic) bond motifs is 11. The Hall–Kier alpha value is -9.82. The maximum absolute atomic E-state index is 5.41. The Labute approximate surface area is 435 Å². The third kappa shape index (κ3) is 7.16. The number of benzene rings is 10. The summed E-state index contributed by atoms with van der Waals surface area (Å²) in [5, 5.41) is 7.03. The van der Waals surface area contributed by atoms with Crippen LogP contribution in [0.2, 0.25) is 0 Å². The maximum atomic E-state index is 5.41. The van der Waals surface area contributed by atoms with Crippen molar-refractivity contribution in [3.63, 3.8) is 0 Å². The number of hydrogen-bond donors (Lipinski definition) is 0. The second-order valence-corrected chi connectivity index (χ2v) is 20.0. The molecule has 15 rings (SSSR count). The molecule has 0 bridgehead atoms. The van der Waals surface area contributed by atoms with E-state index in [0.29, 0.717) is 11.9 Å². The molecule has 0 amide bonds. The van der Waals surface area contributed by atoms with Crippen LogP contribution < -0.4 is 0 Å². The smallest absolute Gasteiger partial charge is 0.235 e. The van der Waals surface area contributed by atoms with Crippen LogP contribution in [-0.4, -0.2) is 29.1 Å². The number of thiophene rings is 1. The maximum Gasteiger partial charge on any atom is 0.235 e. The number of aromatic nitrogens is 6. The minimum atomic E-state index is 0.620. The molecule has 0 atom stereocenters. The fourth-order valence-electron chi connectivity index (χ4n) is 11.0. The minimum Gasteiger partial charge on any atom is -0.278 e. The van der Waals surface area contributed by atoms with Gasteiger partial charge in [-0.2, -0.15) is 0 Å². The first kappa shape index (κ1) is 42.8. The summed E-state index contributed by atoms with van der Waals surface area (Å²) >= 11 is 1.86. The zero-order valence-corrected chi connectivity index (χ0v) is 41.2. The van der Waals surface area contributed by atoms with Crippen molar-refractivity contribution in [1.29, 1.82) is 0 Å². The number of hydrogen-bond acceptors (Lipinski definition) is 5. The summed E-state index contributed by atoms with van der Waals surface area (Å²) in [7, 11) is 0. The van der Waals surface area contributed by atoms with Crippen molar-refractivity contribution in [2.45, 2.75) is 0 Å². The van der Waals surface area contributed by atoms with Crippen molar-refractivity contribution in [3.8, 4) is 79.2 Å². The molecule has 5 heterocycles. The highest BCUT2D eigenvalue weighted by molar-refractivity contribution is 7.27. The Morgan fingerprint density at radius 3 is 0.853 bits per heavy atom. The van der Waals surface area contributed by atoms with Gasteiger partial charge >= 0.3 is 0 Å². The van der Waals surface area contributed by atoms with Crippen LogP contribution in [0.4, 0.5) is 0 Å². The highest BCUT2D eigenvalue weighted by Crippen LogP contribution is 2.48. The van der Waals surface area contributed by atoms with Gasteiger partial charge in [0.05, 0.1) is 44.8 Å². The summed E-state index contributed by atoms with van der Waals surface area (Å²) < 4.78 is 6.97. The van der Waals surface area contributed by atoms with Gasteiger partial charge in [-0.25, -0.2) is 19.9 Å². The van der Waals surface area contributed by atoms with E-state index < -0.39 is 0 Å². The predicted molar refractivity (Wildman–Crippen MR) is 312 cm³/mol. The van der Waals surface area contributed by atoms with Gasteiger partial charge in [0.2, 0.25) is 11.9 Å². The van der Waals surface area contributed by atoms with Gasteiger partial charge in [0, 0.05) is 64.0 Å². The van der Waals surface area contributed by atoms with E-state index in [-0.39, 0.29) is 0 Å². The third-order valence-electron chi connectivity index (χ3n) is 14.6. The molecule has 0 unspecified atom stereocenters. The normalized spacial score (nSPS) is 11.7. The van der Waals surface area contributed by atoms with Gasteiger partial charge < -0.3 is 0 Å². The summed E-state index contributed by atoms with van der Waals surface area (Å²) in [6.45, 7) is 0. The van der Waals surface area contributed by atoms with E-state index in [9.17, 15) is 0 Å². The molecule has 7 heteroatoms. The lowest BCUT2D eigenvalue weighted by Crippen LogP contribution is -2.04. The largest absolute Gasteiger partial charge is 0.278 e. The molecule has 0 saturated heterocycles. The highest BCUT2D eigenvalue weighted by atomic mass is 32.1. The molecular formula is C68H42N6S. The van der Waals surface area contributed by atoms with Crippen molar-refractivity contribution in [2.24, 2.45) is 0 Å². The lowest BCUT2D eigenvalue weighted by molar-refractivity contribution is 0.995. The average molecular weight is 975 g/mol. The van der Waals surface area contributed by atoms with Crippen LogP contribution in [0.5, 0.6) is 0 Å². The lowest BCUT2D eigenvalue weighted by Gasteiger charge is -2.12. The molecule has 10 aromatic carbocycles. The zero-order chi connectivity index (χ0) is 49.4. The first-order valence-electron chi connectivity index (χ1n) is 25.2. The van der Waals surface area contributed by atoms with E-state index in [4.69, 9.17) is 19.9 Å². The molecule has 0 aliphatic heterocycles. The first-order valence-corrected chi connectivity index (χ1v) is 26.0. The van der Waals surface area contributed by atoms with Crippen molar-refractivity contribution in [3.05, 3.63) is 255 Å². The molecule has 15 aromatic rings. The fraction of sp³-hybridized carbons (Fsp3) is 0. The Balaban J connectivity index is 1.04. The Bertz CT molecular complexity index is 4250. The van der Waals surface area contributed by atoms with Crippen LogP contribution in [-0.2, 0) is 0 Å². The molecule has 0 aliphatic carbocycles. The average Bonchev–Trinajstić information content (AvgIpc) is 4.24. The summed E-state index contributed by atoms with van der Waals surface area (Å²) in [6, 6.07) is 90.1. The molecule has 75 heavy (non-hydrogen) atoms. The molecular weight excluding hydrogens is 933 g/mol. The third-order valence-corrected chi connectivity index (χ3v) is 15.8. The van der Waals surface area contributed by atoms with Crippen molar-refractivity contribution in [2.75, 3.05) is 0 Å². The van der Waals surface area contributed by atoms with E-state index in [2.05, 4.69) is 240 Å². The fourth-order valence-corrected chi connectivity index (χ4v) is 12.5. The van der Waals surface area contributed by atoms with Crippen molar-refractivity contribution >= 4 is 75.1 Å². The molecule has 350 valence electrons. The van der Waals surface area contributed by atoms with E-state index >= 15 is 0 Å². The van der Waals surface area contributed by atoms with Gasteiger partial charge in [-0.1, -0.05) is 206 Å². The molecule has 0 N–H and O–H groups in total. The molecule has 0 spiro atoms. The van der Waals surface area contributed by atoms with Gasteiger partial charge in [0.1, 0.15) is 0 Å². The van der Waals surface area contributed by atoms with Gasteiger partial charge in [0.25, 0.3) is 0 Å². The number of rotatable bonds is 8. The lowest BCUT2D eigenvalue weighted by atomic mass is 10.0. The second kappa shape index (κ2) is 17.4. The van der Waals surface area contributed by atoms with Gasteiger partial charge in [-0.05, 0) is 70.8 Å². The monoisotopic (exact) mass is 974 g/mol. The van der Waals surface area contributed by atoms with E-state index in [1.165, 1.54) is 30.9 Å². The van der Waals surface area contributed by atoms with Gasteiger partial charge in [-0.15, -0.1) is 11.3 Å². The van der Waals surface area contributed by atoms with E-state index in [1.807, 2.05) is 35.6 Å². The van der Waals surface area contributed by atoms with Gasteiger partial charge in [0.15, 0.2) is 0 Å².